The van der Waals surface area contributed by atoms with E-state index in [1.54, 1.807) is 12.4 Å². The molecule has 0 saturated carbocycles. The molecule has 0 N–H and O–H groups in total. The number of hydrogen-bond donors (Lipinski definition) is 0. The van der Waals surface area contributed by atoms with Crippen LogP contribution in [0.1, 0.15) is 44.6 Å². The Morgan fingerprint density at radius 1 is 1.28 bits per heavy atom. The van der Waals surface area contributed by atoms with Gasteiger partial charge in [0, 0.05) is 19.0 Å². The van der Waals surface area contributed by atoms with Gasteiger partial charge in [-0.2, -0.15) is 0 Å². The lowest BCUT2D eigenvalue weighted by Gasteiger charge is -2.22. The number of unbranched alkanes of at least 4 members (excludes halogenated alkanes) is 1. The van der Waals surface area contributed by atoms with Gasteiger partial charge < -0.3 is 4.74 Å². The summed E-state index contributed by atoms with van der Waals surface area (Å²) < 4.78 is 5.78. The number of ether oxygens (including phenoxy) is 1. The number of rotatable bonds is 5. The maximum absolute atomic E-state index is 6.09. The Morgan fingerprint density at radius 2 is 2.00 bits per heavy atom. The molecule has 1 aliphatic rings. The van der Waals surface area contributed by atoms with Gasteiger partial charge in [-0.1, -0.05) is 29.6 Å². The van der Waals surface area contributed by atoms with E-state index < -0.39 is 0 Å². The highest BCUT2D eigenvalue weighted by molar-refractivity contribution is 6.35. The van der Waals surface area contributed by atoms with Gasteiger partial charge >= 0.3 is 0 Å². The molecule has 2 nitrogen and oxygen atoms in total. The highest BCUT2D eigenvalue weighted by Crippen LogP contribution is 2.31. The van der Waals surface area contributed by atoms with Crippen molar-refractivity contribution in [3.05, 3.63) is 28.0 Å². The van der Waals surface area contributed by atoms with Crippen LogP contribution in [0.5, 0.6) is 0 Å². The van der Waals surface area contributed by atoms with E-state index in [1.165, 1.54) is 12.8 Å². The molecule has 1 unspecified atom stereocenters. The van der Waals surface area contributed by atoms with Gasteiger partial charge in [-0.3, -0.25) is 4.98 Å². The number of hydrogen-bond acceptors (Lipinski definition) is 2. The predicted molar refractivity (Wildman–Crippen MR) is 75.4 cm³/mol. The van der Waals surface area contributed by atoms with Crippen molar-refractivity contribution < 1.29 is 4.74 Å². The Bertz CT molecular complexity index is 383. The molecule has 0 aromatic carbocycles. The summed E-state index contributed by atoms with van der Waals surface area (Å²) >= 11 is 12.2. The first-order chi connectivity index (χ1) is 8.61. The number of pyridine rings is 1. The van der Waals surface area contributed by atoms with Crippen LogP contribution in [0.2, 0.25) is 10.0 Å². The minimum Gasteiger partial charge on any atom is -0.375 e. The Hall–Kier alpha value is -0.310. The van der Waals surface area contributed by atoms with Crippen molar-refractivity contribution in [2.24, 2.45) is 0 Å². The van der Waals surface area contributed by atoms with Crippen LogP contribution in [-0.2, 0) is 11.2 Å². The van der Waals surface area contributed by atoms with E-state index in [9.17, 15) is 0 Å². The van der Waals surface area contributed by atoms with Crippen LogP contribution in [0.15, 0.2) is 12.4 Å². The third-order valence-corrected chi connectivity index (χ3v) is 4.29. The standard InChI is InChI=1S/C14H19Cl2NO/c1-14(7-4-8-18-14)6-3-2-5-11-12(15)9-17-10-13(11)16/h9-10H,2-8H2,1H3. The van der Waals surface area contributed by atoms with E-state index in [-0.39, 0.29) is 5.60 Å². The Kier molecular flexibility index (Phi) is 4.88. The molecular formula is C14H19Cl2NO. The molecule has 1 aromatic rings. The molecule has 18 heavy (non-hydrogen) atoms. The zero-order chi connectivity index (χ0) is 13.0. The van der Waals surface area contributed by atoms with Gasteiger partial charge in [-0.15, -0.1) is 0 Å². The van der Waals surface area contributed by atoms with Crippen molar-refractivity contribution in [2.45, 2.75) is 51.0 Å². The quantitative estimate of drug-likeness (QED) is 0.734. The largest absolute Gasteiger partial charge is 0.375 e. The molecule has 1 fully saturated rings. The van der Waals surface area contributed by atoms with Crippen molar-refractivity contribution in [1.82, 2.24) is 4.98 Å². The van der Waals surface area contributed by atoms with Crippen LogP contribution in [0.25, 0.3) is 0 Å². The summed E-state index contributed by atoms with van der Waals surface area (Å²) in [6.07, 6.45) is 9.95. The Morgan fingerprint density at radius 3 is 2.61 bits per heavy atom. The third-order valence-electron chi connectivity index (χ3n) is 3.64. The van der Waals surface area contributed by atoms with Crippen LogP contribution < -0.4 is 0 Å². The van der Waals surface area contributed by atoms with Crippen LogP contribution in [0.3, 0.4) is 0 Å². The maximum atomic E-state index is 6.09. The molecule has 0 aliphatic carbocycles. The van der Waals surface area contributed by atoms with E-state index >= 15 is 0 Å². The molecule has 0 radical (unpaired) electrons. The first-order valence-corrected chi connectivity index (χ1v) is 7.28. The second kappa shape index (κ2) is 6.23. The van der Waals surface area contributed by atoms with Gasteiger partial charge in [0.1, 0.15) is 0 Å². The fourth-order valence-corrected chi connectivity index (χ4v) is 3.07. The van der Waals surface area contributed by atoms with Gasteiger partial charge in [-0.05, 0) is 44.6 Å². The number of nitrogens with zero attached hydrogens (tertiary/aromatic N) is 1. The summed E-state index contributed by atoms with van der Waals surface area (Å²) in [5, 5.41) is 1.34. The minimum absolute atomic E-state index is 0.103. The van der Waals surface area contributed by atoms with Crippen LogP contribution in [-0.4, -0.2) is 17.2 Å². The SMILES string of the molecule is CC1(CCCCc2c(Cl)cncc2Cl)CCCO1. The first kappa shape index (κ1) is 14.1. The molecule has 1 aliphatic heterocycles. The summed E-state index contributed by atoms with van der Waals surface area (Å²) in [7, 11) is 0. The third kappa shape index (κ3) is 3.59. The summed E-state index contributed by atoms with van der Waals surface area (Å²) in [6, 6.07) is 0. The second-order valence-electron chi connectivity index (χ2n) is 5.19. The fourth-order valence-electron chi connectivity index (χ4n) is 2.51. The lowest BCUT2D eigenvalue weighted by molar-refractivity contribution is 0.0114. The Balaban J connectivity index is 1.78. The van der Waals surface area contributed by atoms with Gasteiger partial charge in [0.15, 0.2) is 0 Å². The molecule has 0 amide bonds. The van der Waals surface area contributed by atoms with Crippen LogP contribution in [0, 0.1) is 0 Å². The summed E-state index contributed by atoms with van der Waals surface area (Å²) in [4.78, 5) is 3.96. The van der Waals surface area contributed by atoms with Crippen molar-refractivity contribution in [2.75, 3.05) is 6.61 Å². The van der Waals surface area contributed by atoms with E-state index in [4.69, 9.17) is 27.9 Å². The summed E-state index contributed by atoms with van der Waals surface area (Å²) in [5.41, 5.74) is 1.12. The highest BCUT2D eigenvalue weighted by Gasteiger charge is 2.28. The fraction of sp³-hybridized carbons (Fsp3) is 0.643. The van der Waals surface area contributed by atoms with Crippen molar-refractivity contribution in [3.63, 3.8) is 0 Å². The zero-order valence-electron chi connectivity index (χ0n) is 10.7. The van der Waals surface area contributed by atoms with Crippen LogP contribution >= 0.6 is 23.2 Å². The van der Waals surface area contributed by atoms with Gasteiger partial charge in [-0.25, -0.2) is 0 Å². The van der Waals surface area contributed by atoms with Gasteiger partial charge in [0.25, 0.3) is 0 Å². The van der Waals surface area contributed by atoms with Gasteiger partial charge in [0.2, 0.25) is 0 Å². The molecule has 1 saturated heterocycles. The van der Waals surface area contributed by atoms with Crippen LogP contribution in [0.4, 0.5) is 0 Å². The topological polar surface area (TPSA) is 22.1 Å². The minimum atomic E-state index is 0.103. The molecule has 100 valence electrons. The molecule has 1 aromatic heterocycles. The monoisotopic (exact) mass is 287 g/mol. The molecular weight excluding hydrogens is 269 g/mol. The lowest BCUT2D eigenvalue weighted by atomic mass is 9.94. The van der Waals surface area contributed by atoms with E-state index in [1.807, 2.05) is 0 Å². The summed E-state index contributed by atoms with van der Waals surface area (Å²) in [6.45, 7) is 3.13. The normalized spacial score (nSPS) is 23.5. The highest BCUT2D eigenvalue weighted by atomic mass is 35.5. The smallest absolute Gasteiger partial charge is 0.0655 e. The summed E-state index contributed by atoms with van der Waals surface area (Å²) in [5.74, 6) is 0. The molecule has 1 atom stereocenters. The van der Waals surface area contributed by atoms with E-state index in [0.29, 0.717) is 10.0 Å². The van der Waals surface area contributed by atoms with Crippen molar-refractivity contribution in [1.29, 1.82) is 0 Å². The number of aromatic nitrogens is 1. The lowest BCUT2D eigenvalue weighted by Crippen LogP contribution is -2.22. The molecule has 0 spiro atoms. The molecule has 2 rings (SSSR count). The average molecular weight is 288 g/mol. The second-order valence-corrected chi connectivity index (χ2v) is 6.01. The average Bonchev–Trinajstić information content (AvgIpc) is 2.75. The van der Waals surface area contributed by atoms with Crippen molar-refractivity contribution in [3.8, 4) is 0 Å². The van der Waals surface area contributed by atoms with E-state index in [2.05, 4.69) is 11.9 Å². The predicted octanol–water partition coefficient (Wildman–Crippen LogP) is 4.67. The van der Waals surface area contributed by atoms with Gasteiger partial charge in [0.05, 0.1) is 15.6 Å². The molecule has 4 heteroatoms. The number of halogens is 2. The molecule has 0 bridgehead atoms. The molecule has 2 heterocycles. The maximum Gasteiger partial charge on any atom is 0.0655 e. The zero-order valence-corrected chi connectivity index (χ0v) is 12.2. The van der Waals surface area contributed by atoms with E-state index in [0.717, 1.165) is 37.9 Å². The Labute approximate surface area is 119 Å². The first-order valence-electron chi connectivity index (χ1n) is 6.53. The van der Waals surface area contributed by atoms with Crippen molar-refractivity contribution >= 4 is 23.2 Å².